The maximum Gasteiger partial charge on any atom is 0.193 e. The third-order valence-electron chi connectivity index (χ3n) is 3.58. The standard InChI is InChI=1S/C14H17N3O2/c15-10-5-7-17(8-6-10)12-9-16-19-14(12)11-3-1-2-4-13(11)18/h1-4,9-10,18H,5-8,15H2. The first-order valence-corrected chi connectivity index (χ1v) is 6.49. The average Bonchev–Trinajstić information content (AvgIpc) is 2.89. The van der Waals surface area contributed by atoms with Crippen LogP contribution in [-0.2, 0) is 0 Å². The number of aromatic hydroxyl groups is 1. The van der Waals surface area contributed by atoms with Crippen molar-refractivity contribution in [1.29, 1.82) is 0 Å². The van der Waals surface area contributed by atoms with Crippen LogP contribution in [0.15, 0.2) is 35.0 Å². The maximum absolute atomic E-state index is 9.92. The second-order valence-electron chi connectivity index (χ2n) is 4.88. The molecule has 1 aromatic heterocycles. The third kappa shape index (κ3) is 2.29. The number of hydrogen-bond donors (Lipinski definition) is 2. The molecule has 3 N–H and O–H groups in total. The van der Waals surface area contributed by atoms with Crippen molar-refractivity contribution in [3.8, 4) is 17.1 Å². The Morgan fingerprint density at radius 3 is 2.74 bits per heavy atom. The summed E-state index contributed by atoms with van der Waals surface area (Å²) in [6, 6.07) is 7.41. The predicted molar refractivity (Wildman–Crippen MR) is 73.0 cm³/mol. The molecule has 1 saturated heterocycles. The zero-order valence-corrected chi connectivity index (χ0v) is 10.6. The van der Waals surface area contributed by atoms with E-state index in [1.54, 1.807) is 18.3 Å². The summed E-state index contributed by atoms with van der Waals surface area (Å²) in [5, 5.41) is 13.8. The highest BCUT2D eigenvalue weighted by Gasteiger charge is 2.23. The van der Waals surface area contributed by atoms with Crippen molar-refractivity contribution in [2.24, 2.45) is 5.73 Å². The number of nitrogens with zero attached hydrogens (tertiary/aromatic N) is 2. The summed E-state index contributed by atoms with van der Waals surface area (Å²) in [7, 11) is 0. The molecule has 100 valence electrons. The molecule has 5 heteroatoms. The molecule has 0 radical (unpaired) electrons. The van der Waals surface area contributed by atoms with Crippen molar-refractivity contribution < 1.29 is 9.63 Å². The Kier molecular flexibility index (Phi) is 3.13. The molecule has 0 aliphatic carbocycles. The van der Waals surface area contributed by atoms with E-state index >= 15 is 0 Å². The summed E-state index contributed by atoms with van der Waals surface area (Å²) >= 11 is 0. The molecule has 0 saturated carbocycles. The number of phenolic OH excluding ortho intramolecular Hbond substituents is 1. The zero-order chi connectivity index (χ0) is 13.2. The van der Waals surface area contributed by atoms with Gasteiger partial charge in [0.2, 0.25) is 0 Å². The van der Waals surface area contributed by atoms with Gasteiger partial charge in [0.1, 0.15) is 11.4 Å². The predicted octanol–water partition coefficient (Wildman–Crippen LogP) is 1.97. The topological polar surface area (TPSA) is 75.5 Å². The fraction of sp³-hybridized carbons (Fsp3) is 0.357. The van der Waals surface area contributed by atoms with Crippen LogP contribution in [0, 0.1) is 0 Å². The minimum atomic E-state index is 0.203. The number of phenols is 1. The summed E-state index contributed by atoms with van der Waals surface area (Å²) in [5.41, 5.74) is 7.51. The van der Waals surface area contributed by atoms with Crippen LogP contribution in [0.3, 0.4) is 0 Å². The van der Waals surface area contributed by atoms with Gasteiger partial charge in [-0.2, -0.15) is 0 Å². The highest BCUT2D eigenvalue weighted by molar-refractivity contribution is 5.77. The molecule has 2 aromatic rings. The van der Waals surface area contributed by atoms with Crippen molar-refractivity contribution in [2.45, 2.75) is 18.9 Å². The molecule has 0 amide bonds. The molecule has 1 aromatic carbocycles. The minimum Gasteiger partial charge on any atom is -0.507 e. The quantitative estimate of drug-likeness (QED) is 0.862. The van der Waals surface area contributed by atoms with E-state index in [0.29, 0.717) is 11.3 Å². The molecule has 0 bridgehead atoms. The van der Waals surface area contributed by atoms with E-state index in [9.17, 15) is 5.11 Å². The summed E-state index contributed by atoms with van der Waals surface area (Å²) < 4.78 is 5.33. The van der Waals surface area contributed by atoms with Gasteiger partial charge in [-0.15, -0.1) is 0 Å². The highest BCUT2D eigenvalue weighted by atomic mass is 16.5. The van der Waals surface area contributed by atoms with Crippen LogP contribution in [0.4, 0.5) is 5.69 Å². The van der Waals surface area contributed by atoms with Crippen molar-refractivity contribution in [2.75, 3.05) is 18.0 Å². The Morgan fingerprint density at radius 2 is 2.00 bits per heavy atom. The molecule has 3 rings (SSSR count). The molecule has 1 fully saturated rings. The first kappa shape index (κ1) is 12.0. The molecule has 1 aliphatic heterocycles. The number of rotatable bonds is 2. The summed E-state index contributed by atoms with van der Waals surface area (Å²) in [6.07, 6.45) is 3.63. The SMILES string of the molecule is NC1CCN(c2cnoc2-c2ccccc2O)CC1. The van der Waals surface area contributed by atoms with Gasteiger partial charge in [-0.25, -0.2) is 0 Å². The summed E-state index contributed by atoms with van der Waals surface area (Å²) in [5.74, 6) is 0.822. The molecule has 2 heterocycles. The molecule has 5 nitrogen and oxygen atoms in total. The van der Waals surface area contributed by atoms with Crippen LogP contribution in [-0.4, -0.2) is 29.4 Å². The normalized spacial score (nSPS) is 16.8. The minimum absolute atomic E-state index is 0.203. The highest BCUT2D eigenvalue weighted by Crippen LogP contribution is 2.36. The van der Waals surface area contributed by atoms with Crippen LogP contribution in [0.2, 0.25) is 0 Å². The van der Waals surface area contributed by atoms with Gasteiger partial charge in [0.05, 0.1) is 11.8 Å². The van der Waals surface area contributed by atoms with E-state index in [4.69, 9.17) is 10.3 Å². The molecular formula is C14H17N3O2. The lowest BCUT2D eigenvalue weighted by Crippen LogP contribution is -2.39. The second-order valence-corrected chi connectivity index (χ2v) is 4.88. The smallest absolute Gasteiger partial charge is 0.193 e. The van der Waals surface area contributed by atoms with Crippen molar-refractivity contribution in [3.63, 3.8) is 0 Å². The fourth-order valence-corrected chi connectivity index (χ4v) is 2.45. The van der Waals surface area contributed by atoms with E-state index in [0.717, 1.165) is 31.6 Å². The molecule has 0 atom stereocenters. The average molecular weight is 259 g/mol. The van der Waals surface area contributed by atoms with Crippen LogP contribution in [0.25, 0.3) is 11.3 Å². The van der Waals surface area contributed by atoms with E-state index in [2.05, 4.69) is 10.1 Å². The maximum atomic E-state index is 9.92. The van der Waals surface area contributed by atoms with E-state index in [1.807, 2.05) is 12.1 Å². The third-order valence-corrected chi connectivity index (χ3v) is 3.58. The zero-order valence-electron chi connectivity index (χ0n) is 10.6. The van der Waals surface area contributed by atoms with E-state index < -0.39 is 0 Å². The fourth-order valence-electron chi connectivity index (χ4n) is 2.45. The van der Waals surface area contributed by atoms with Gasteiger partial charge in [-0.05, 0) is 25.0 Å². The molecule has 0 spiro atoms. The van der Waals surface area contributed by atoms with Crippen molar-refractivity contribution in [1.82, 2.24) is 5.16 Å². The van der Waals surface area contributed by atoms with Gasteiger partial charge < -0.3 is 20.3 Å². The lowest BCUT2D eigenvalue weighted by Gasteiger charge is -2.31. The first-order chi connectivity index (χ1) is 9.25. The summed E-state index contributed by atoms with van der Waals surface area (Å²) in [6.45, 7) is 1.78. The monoisotopic (exact) mass is 259 g/mol. The number of benzene rings is 1. The van der Waals surface area contributed by atoms with Crippen molar-refractivity contribution >= 4 is 5.69 Å². The Labute approximate surface area is 111 Å². The van der Waals surface area contributed by atoms with Gasteiger partial charge >= 0.3 is 0 Å². The number of anilines is 1. The summed E-state index contributed by atoms with van der Waals surface area (Å²) in [4.78, 5) is 2.21. The van der Waals surface area contributed by atoms with Crippen LogP contribution in [0.1, 0.15) is 12.8 Å². The Morgan fingerprint density at radius 1 is 1.26 bits per heavy atom. The van der Waals surface area contributed by atoms with Crippen molar-refractivity contribution in [3.05, 3.63) is 30.5 Å². The Hall–Kier alpha value is -2.01. The van der Waals surface area contributed by atoms with Gasteiger partial charge in [0.15, 0.2) is 5.76 Å². The lowest BCUT2D eigenvalue weighted by atomic mass is 10.0. The number of para-hydroxylation sites is 1. The van der Waals surface area contributed by atoms with Gasteiger partial charge in [-0.1, -0.05) is 17.3 Å². The van der Waals surface area contributed by atoms with Gasteiger partial charge in [-0.3, -0.25) is 0 Å². The molecular weight excluding hydrogens is 242 g/mol. The molecule has 0 unspecified atom stereocenters. The number of nitrogens with two attached hydrogens (primary N) is 1. The van der Waals surface area contributed by atoms with E-state index in [1.165, 1.54) is 0 Å². The van der Waals surface area contributed by atoms with Crippen LogP contribution < -0.4 is 10.6 Å². The lowest BCUT2D eigenvalue weighted by molar-refractivity contribution is 0.425. The van der Waals surface area contributed by atoms with Crippen LogP contribution >= 0.6 is 0 Å². The van der Waals surface area contributed by atoms with E-state index in [-0.39, 0.29) is 11.8 Å². The second kappa shape index (κ2) is 4.93. The molecule has 19 heavy (non-hydrogen) atoms. The largest absolute Gasteiger partial charge is 0.507 e. The van der Waals surface area contributed by atoms with Crippen LogP contribution in [0.5, 0.6) is 5.75 Å². The Balaban J connectivity index is 1.93. The van der Waals surface area contributed by atoms with Gasteiger partial charge in [0.25, 0.3) is 0 Å². The molecule has 1 aliphatic rings. The number of piperidine rings is 1. The number of hydrogen-bond acceptors (Lipinski definition) is 5. The Bertz CT molecular complexity index is 559. The van der Waals surface area contributed by atoms with Gasteiger partial charge in [0, 0.05) is 19.1 Å². The first-order valence-electron chi connectivity index (χ1n) is 6.49. The number of aromatic nitrogens is 1.